The van der Waals surface area contributed by atoms with E-state index in [1.807, 2.05) is 0 Å². The summed E-state index contributed by atoms with van der Waals surface area (Å²) >= 11 is 0. The number of anilines is 1. The van der Waals surface area contributed by atoms with Crippen LogP contribution >= 0.6 is 0 Å². The normalized spacial score (nSPS) is 16.4. The van der Waals surface area contributed by atoms with E-state index in [2.05, 4.69) is 10.0 Å². The average Bonchev–Trinajstić information content (AvgIpc) is 3.31. The lowest BCUT2D eigenvalue weighted by atomic mass is 9.89. The lowest BCUT2D eigenvalue weighted by Crippen LogP contribution is -2.39. The van der Waals surface area contributed by atoms with Crippen LogP contribution in [0.2, 0.25) is 0 Å². The fraction of sp³-hybridized carbons (Fsp3) is 0.276. The molecule has 0 spiro atoms. The van der Waals surface area contributed by atoms with Crippen molar-refractivity contribution >= 4 is 42.6 Å². The number of hydrogen-bond donors (Lipinski definition) is 2. The van der Waals surface area contributed by atoms with E-state index >= 15 is 0 Å². The second kappa shape index (κ2) is 11.5. The smallest absolute Gasteiger partial charge is 0.255 e. The van der Waals surface area contributed by atoms with E-state index in [1.165, 1.54) is 66.0 Å². The molecule has 1 atom stereocenters. The molecule has 0 saturated carbocycles. The molecule has 222 valence electrons. The third-order valence-electron chi connectivity index (χ3n) is 7.20. The number of carbonyl (C=O) groups excluding carboxylic acids is 1. The molecule has 1 aromatic heterocycles. The molecule has 2 N–H and O–H groups in total. The molecule has 4 aromatic rings. The highest BCUT2D eigenvalue weighted by Crippen LogP contribution is 2.41. The Balaban J connectivity index is 1.59. The highest BCUT2D eigenvalue weighted by atomic mass is 32.2. The topological polar surface area (TPSA) is 126 Å². The Morgan fingerprint density at radius 1 is 1.00 bits per heavy atom. The summed E-state index contributed by atoms with van der Waals surface area (Å²) in [7, 11) is -6.07. The fourth-order valence-corrected chi connectivity index (χ4v) is 7.46. The Kier molecular flexibility index (Phi) is 8.10. The summed E-state index contributed by atoms with van der Waals surface area (Å²) < 4.78 is 88.2. The van der Waals surface area contributed by atoms with Crippen LogP contribution in [0, 0.1) is 11.6 Å². The Hall–Kier alpha value is -3.81. The zero-order valence-electron chi connectivity index (χ0n) is 22.9. The van der Waals surface area contributed by atoms with Crippen molar-refractivity contribution in [2.45, 2.75) is 24.5 Å². The second-order valence-electron chi connectivity index (χ2n) is 10.3. The predicted molar refractivity (Wildman–Crippen MR) is 156 cm³/mol. The van der Waals surface area contributed by atoms with Crippen molar-refractivity contribution in [3.8, 4) is 11.3 Å². The Morgan fingerprint density at radius 3 is 2.26 bits per heavy atom. The van der Waals surface area contributed by atoms with Crippen LogP contribution in [0.1, 0.15) is 40.2 Å². The van der Waals surface area contributed by atoms with E-state index in [-0.39, 0.29) is 41.4 Å². The monoisotopic (exact) mass is 617 g/mol. The lowest BCUT2D eigenvalue weighted by molar-refractivity contribution is 0.0964. The first kappa shape index (κ1) is 29.7. The maximum absolute atomic E-state index is 13.6. The molecule has 42 heavy (non-hydrogen) atoms. The van der Waals surface area contributed by atoms with Crippen molar-refractivity contribution in [1.29, 1.82) is 0 Å². The standard InChI is InChI=1S/C29H29F2N3O6S2/c1-32-29(35)27-24-14-23(20-4-3-13-34(16-20)42(38,39)17-18-5-9-21(30)10-6-18)25(33-41(2,36)37)15-26(24)40-28(27)19-7-11-22(31)12-8-19/h5-12,14-15,20,33H,3-4,13,16-17H2,1-2H3,(H,32,35)/t20-/m0/s1. The quantitative estimate of drug-likeness (QED) is 0.292. The van der Waals surface area contributed by atoms with E-state index in [0.717, 1.165) is 6.26 Å². The zero-order chi connectivity index (χ0) is 30.2. The largest absolute Gasteiger partial charge is 0.455 e. The van der Waals surface area contributed by atoms with Gasteiger partial charge in [0, 0.05) is 37.2 Å². The predicted octanol–water partition coefficient (Wildman–Crippen LogP) is 4.82. The highest BCUT2D eigenvalue weighted by Gasteiger charge is 2.32. The van der Waals surface area contributed by atoms with Gasteiger partial charge in [0.25, 0.3) is 5.91 Å². The number of amides is 1. The molecule has 0 aliphatic carbocycles. The average molecular weight is 618 g/mol. The van der Waals surface area contributed by atoms with Gasteiger partial charge in [-0.1, -0.05) is 12.1 Å². The SMILES string of the molecule is CNC(=O)c1c(-c2ccc(F)cc2)oc2cc(NS(C)(=O)=O)c([C@H]3CCCN(S(=O)(=O)Cc4ccc(F)cc4)C3)cc12. The molecule has 9 nitrogen and oxygen atoms in total. The first-order chi connectivity index (χ1) is 19.8. The van der Waals surface area contributed by atoms with Crippen molar-refractivity contribution < 1.29 is 34.8 Å². The molecule has 0 unspecified atom stereocenters. The van der Waals surface area contributed by atoms with Gasteiger partial charge in [0.2, 0.25) is 20.0 Å². The molecule has 1 amide bonds. The van der Waals surface area contributed by atoms with E-state index in [9.17, 15) is 30.4 Å². The van der Waals surface area contributed by atoms with Crippen LogP contribution in [0.5, 0.6) is 0 Å². The number of piperidine rings is 1. The van der Waals surface area contributed by atoms with Crippen LogP contribution in [0.25, 0.3) is 22.3 Å². The van der Waals surface area contributed by atoms with Gasteiger partial charge in [-0.25, -0.2) is 29.9 Å². The van der Waals surface area contributed by atoms with Crippen LogP contribution in [0.3, 0.4) is 0 Å². The number of rotatable bonds is 8. The van der Waals surface area contributed by atoms with Crippen LogP contribution in [-0.2, 0) is 25.8 Å². The molecule has 0 bridgehead atoms. The van der Waals surface area contributed by atoms with Gasteiger partial charge in [-0.05, 0) is 72.4 Å². The summed E-state index contributed by atoms with van der Waals surface area (Å²) in [5, 5.41) is 2.99. The van der Waals surface area contributed by atoms with Gasteiger partial charge in [0.1, 0.15) is 23.0 Å². The second-order valence-corrected chi connectivity index (χ2v) is 14.0. The lowest BCUT2D eigenvalue weighted by Gasteiger charge is -2.33. The first-order valence-electron chi connectivity index (χ1n) is 13.1. The van der Waals surface area contributed by atoms with Crippen molar-refractivity contribution in [3.05, 3.63) is 89.0 Å². The van der Waals surface area contributed by atoms with Gasteiger partial charge in [0.15, 0.2) is 0 Å². The van der Waals surface area contributed by atoms with E-state index in [0.29, 0.717) is 34.9 Å². The summed E-state index contributed by atoms with van der Waals surface area (Å²) in [5.74, 6) is -1.94. The van der Waals surface area contributed by atoms with Gasteiger partial charge in [-0.3, -0.25) is 9.52 Å². The maximum atomic E-state index is 13.6. The number of fused-ring (bicyclic) bond motifs is 1. The maximum Gasteiger partial charge on any atom is 0.255 e. The van der Waals surface area contributed by atoms with Gasteiger partial charge < -0.3 is 9.73 Å². The van der Waals surface area contributed by atoms with Crippen LogP contribution in [0.15, 0.2) is 65.1 Å². The third-order valence-corrected chi connectivity index (χ3v) is 9.60. The van der Waals surface area contributed by atoms with E-state index < -0.39 is 43.5 Å². The van der Waals surface area contributed by atoms with Gasteiger partial charge >= 0.3 is 0 Å². The minimum absolute atomic E-state index is 0.0749. The van der Waals surface area contributed by atoms with E-state index in [1.54, 1.807) is 6.07 Å². The first-order valence-corrected chi connectivity index (χ1v) is 16.6. The zero-order valence-corrected chi connectivity index (χ0v) is 24.5. The molecule has 3 aromatic carbocycles. The molecule has 1 aliphatic rings. The number of sulfonamides is 2. The summed E-state index contributed by atoms with van der Waals surface area (Å²) in [6.45, 7) is 0.354. The molecule has 1 fully saturated rings. The third kappa shape index (κ3) is 6.32. The molecular weight excluding hydrogens is 588 g/mol. The Bertz CT molecular complexity index is 1860. The summed E-state index contributed by atoms with van der Waals surface area (Å²) in [4.78, 5) is 13.1. The molecule has 5 rings (SSSR count). The molecule has 2 heterocycles. The van der Waals surface area contributed by atoms with Gasteiger partial charge in [-0.15, -0.1) is 0 Å². The van der Waals surface area contributed by atoms with Crippen molar-refractivity contribution in [1.82, 2.24) is 9.62 Å². The van der Waals surface area contributed by atoms with Crippen molar-refractivity contribution in [2.75, 3.05) is 31.1 Å². The molecular formula is C29H29F2N3O6S2. The summed E-state index contributed by atoms with van der Waals surface area (Å²) in [6, 6.07) is 13.8. The summed E-state index contributed by atoms with van der Waals surface area (Å²) in [6.07, 6.45) is 2.08. The molecule has 1 saturated heterocycles. The Morgan fingerprint density at radius 2 is 1.64 bits per heavy atom. The number of nitrogens with zero attached hydrogens (tertiary/aromatic N) is 1. The number of benzene rings is 3. The minimum Gasteiger partial charge on any atom is -0.455 e. The number of carbonyl (C=O) groups is 1. The molecule has 0 radical (unpaired) electrons. The molecule has 13 heteroatoms. The van der Waals surface area contributed by atoms with Crippen LogP contribution < -0.4 is 10.0 Å². The minimum atomic E-state index is -3.78. The molecule has 1 aliphatic heterocycles. The summed E-state index contributed by atoms with van der Waals surface area (Å²) in [5.41, 5.74) is 2.01. The van der Waals surface area contributed by atoms with Gasteiger partial charge in [0.05, 0.1) is 23.3 Å². The highest BCUT2D eigenvalue weighted by molar-refractivity contribution is 7.92. The Labute approximate surface area is 242 Å². The van der Waals surface area contributed by atoms with Crippen LogP contribution in [0.4, 0.5) is 14.5 Å². The fourth-order valence-electron chi connectivity index (χ4n) is 5.27. The van der Waals surface area contributed by atoms with Gasteiger partial charge in [-0.2, -0.15) is 0 Å². The number of hydrogen-bond acceptors (Lipinski definition) is 6. The van der Waals surface area contributed by atoms with Crippen molar-refractivity contribution in [2.24, 2.45) is 0 Å². The number of nitrogens with one attached hydrogen (secondary N) is 2. The van der Waals surface area contributed by atoms with Crippen LogP contribution in [-0.4, -0.2) is 53.4 Å². The number of furan rings is 1. The number of halogens is 2. The van der Waals surface area contributed by atoms with E-state index in [4.69, 9.17) is 4.42 Å². The van der Waals surface area contributed by atoms with Crippen molar-refractivity contribution in [3.63, 3.8) is 0 Å².